The van der Waals surface area contributed by atoms with Gasteiger partial charge in [0.05, 0.1) is 0 Å². The summed E-state index contributed by atoms with van der Waals surface area (Å²) in [4.78, 5) is 0. The van der Waals surface area contributed by atoms with Crippen molar-refractivity contribution in [1.82, 2.24) is 0 Å². The zero-order valence-corrected chi connectivity index (χ0v) is 15.3. The number of hydrogen-bond acceptors (Lipinski definition) is 0. The molecule has 5 rings (SSSR count). The molecule has 1 unspecified atom stereocenters. The Balaban J connectivity index is 1.73. The Morgan fingerprint density at radius 2 is 1.12 bits per heavy atom. The van der Waals surface area contributed by atoms with Crippen molar-refractivity contribution in [2.75, 3.05) is 0 Å². The van der Waals surface area contributed by atoms with Gasteiger partial charge < -0.3 is 0 Å². The van der Waals surface area contributed by atoms with Gasteiger partial charge in [0.25, 0.3) is 0 Å². The van der Waals surface area contributed by atoms with Crippen molar-refractivity contribution >= 4 is 13.2 Å². The van der Waals surface area contributed by atoms with Crippen molar-refractivity contribution in [2.45, 2.75) is 37.0 Å². The average Bonchev–Trinajstić information content (AvgIpc) is 3.51. The second kappa shape index (κ2) is 6.43. The molecule has 0 bridgehead atoms. The van der Waals surface area contributed by atoms with Crippen LogP contribution in [-0.2, 0) is 12.8 Å². The largest absolute Gasteiger partial charge is 0.0622 e. The van der Waals surface area contributed by atoms with Gasteiger partial charge in [0.2, 0.25) is 0 Å². The minimum atomic E-state index is -0.212. The third-order valence-corrected chi connectivity index (χ3v) is 8.95. The molecule has 124 valence electrons. The first-order chi connectivity index (χ1) is 12.4. The van der Waals surface area contributed by atoms with E-state index in [1.807, 2.05) is 0 Å². The minimum absolute atomic E-state index is 0.212. The number of benzene rings is 3. The van der Waals surface area contributed by atoms with E-state index in [9.17, 15) is 0 Å². The average molecular weight is 342 g/mol. The molecule has 1 atom stereocenters. The van der Waals surface area contributed by atoms with E-state index >= 15 is 0 Å². The molecular weight excluding hydrogens is 319 g/mol. The first-order valence-corrected chi connectivity index (χ1v) is 10.9. The highest BCUT2D eigenvalue weighted by molar-refractivity contribution is 7.67. The van der Waals surface area contributed by atoms with Gasteiger partial charge in [-0.15, -0.1) is 0 Å². The molecule has 2 aliphatic carbocycles. The first kappa shape index (κ1) is 15.4. The third-order valence-electron chi connectivity index (χ3n) is 5.64. The van der Waals surface area contributed by atoms with Gasteiger partial charge in [-0.05, 0) is 58.9 Å². The van der Waals surface area contributed by atoms with Crippen LogP contribution in [0.1, 0.15) is 40.8 Å². The van der Waals surface area contributed by atoms with Crippen LogP contribution in [0, 0.1) is 0 Å². The van der Waals surface area contributed by atoms with Crippen LogP contribution in [0.2, 0.25) is 0 Å². The first-order valence-electron chi connectivity index (χ1n) is 9.41. The van der Waals surface area contributed by atoms with Gasteiger partial charge in [-0.25, -0.2) is 0 Å². The highest BCUT2D eigenvalue weighted by atomic mass is 31.1. The van der Waals surface area contributed by atoms with E-state index in [-0.39, 0.29) is 7.92 Å². The van der Waals surface area contributed by atoms with Gasteiger partial charge in [-0.1, -0.05) is 86.8 Å². The molecule has 0 amide bonds. The Morgan fingerprint density at radius 1 is 0.600 bits per heavy atom. The molecule has 1 saturated carbocycles. The number of hydrogen-bond donors (Lipinski definition) is 0. The molecule has 0 N–H and O–H groups in total. The van der Waals surface area contributed by atoms with Crippen LogP contribution >= 0.6 is 7.92 Å². The van der Waals surface area contributed by atoms with Gasteiger partial charge in [0, 0.05) is 5.66 Å². The van der Waals surface area contributed by atoms with E-state index in [4.69, 9.17) is 0 Å². The molecule has 0 nitrogen and oxygen atoms in total. The Hall–Kier alpha value is -1.91. The summed E-state index contributed by atoms with van der Waals surface area (Å²) in [5.74, 6) is 0. The Labute approximate surface area is 151 Å². The summed E-state index contributed by atoms with van der Waals surface area (Å²) in [7, 11) is -0.212. The molecule has 0 saturated heterocycles. The summed E-state index contributed by atoms with van der Waals surface area (Å²) >= 11 is 0. The Kier molecular flexibility index (Phi) is 3.95. The van der Waals surface area contributed by atoms with E-state index in [1.165, 1.54) is 25.7 Å². The standard InChI is InChI=1S/C24H23P/c1-2-10-20(11-3-1)25(21-16-17-21)24-22-12-6-4-8-18(22)14-15-19-9-5-7-13-23(19)24/h1-13,21,24H,14-17H2. The van der Waals surface area contributed by atoms with Crippen LogP contribution in [0.15, 0.2) is 78.9 Å². The van der Waals surface area contributed by atoms with Crippen molar-refractivity contribution in [3.05, 3.63) is 101 Å². The van der Waals surface area contributed by atoms with Gasteiger partial charge in [0.15, 0.2) is 0 Å². The van der Waals surface area contributed by atoms with Crippen molar-refractivity contribution in [3.63, 3.8) is 0 Å². The third kappa shape index (κ3) is 2.83. The molecule has 3 aromatic carbocycles. The SMILES string of the molecule is c1ccc(P(C2CC2)C2c3ccccc3CCc3ccccc32)cc1. The van der Waals surface area contributed by atoms with E-state index < -0.39 is 0 Å². The van der Waals surface area contributed by atoms with Gasteiger partial charge in [0.1, 0.15) is 0 Å². The summed E-state index contributed by atoms with van der Waals surface area (Å²) in [5.41, 5.74) is 7.76. The summed E-state index contributed by atoms with van der Waals surface area (Å²) in [5, 5.41) is 1.58. The molecule has 0 aromatic heterocycles. The maximum atomic E-state index is 2.41. The number of fused-ring (bicyclic) bond motifs is 2. The topological polar surface area (TPSA) is 0 Å². The molecule has 1 fully saturated rings. The van der Waals surface area contributed by atoms with E-state index in [0.717, 1.165) is 5.66 Å². The Morgan fingerprint density at radius 3 is 1.68 bits per heavy atom. The van der Waals surface area contributed by atoms with Crippen LogP contribution in [0.5, 0.6) is 0 Å². The maximum Gasteiger partial charge on any atom is 0.0340 e. The van der Waals surface area contributed by atoms with E-state index in [2.05, 4.69) is 78.9 Å². The number of rotatable bonds is 3. The van der Waals surface area contributed by atoms with Gasteiger partial charge in [-0.2, -0.15) is 0 Å². The normalized spacial score (nSPS) is 18.1. The summed E-state index contributed by atoms with van der Waals surface area (Å²) in [6.45, 7) is 0. The monoisotopic (exact) mass is 342 g/mol. The van der Waals surface area contributed by atoms with Crippen molar-refractivity contribution < 1.29 is 0 Å². The fourth-order valence-corrected chi connectivity index (χ4v) is 7.78. The second-order valence-corrected chi connectivity index (χ2v) is 9.85. The second-order valence-electron chi connectivity index (χ2n) is 7.27. The van der Waals surface area contributed by atoms with Crippen LogP contribution in [0.3, 0.4) is 0 Å². The summed E-state index contributed by atoms with van der Waals surface area (Å²) in [6.07, 6.45) is 5.15. The van der Waals surface area contributed by atoms with Gasteiger partial charge in [-0.3, -0.25) is 0 Å². The van der Waals surface area contributed by atoms with Crippen LogP contribution in [-0.4, -0.2) is 5.66 Å². The zero-order valence-electron chi connectivity index (χ0n) is 14.4. The lowest BCUT2D eigenvalue weighted by atomic mass is 10.00. The van der Waals surface area contributed by atoms with Gasteiger partial charge >= 0.3 is 0 Å². The lowest BCUT2D eigenvalue weighted by Crippen LogP contribution is -2.13. The predicted molar refractivity (Wildman–Crippen MR) is 108 cm³/mol. The molecule has 0 radical (unpaired) electrons. The quantitative estimate of drug-likeness (QED) is 0.524. The van der Waals surface area contributed by atoms with Crippen LogP contribution in [0.25, 0.3) is 0 Å². The summed E-state index contributed by atoms with van der Waals surface area (Å²) in [6, 6.07) is 29.8. The molecule has 0 heterocycles. The highest BCUT2D eigenvalue weighted by Gasteiger charge is 2.40. The maximum absolute atomic E-state index is 2.41. The predicted octanol–water partition coefficient (Wildman–Crippen LogP) is 5.84. The molecule has 2 aliphatic rings. The molecule has 3 aromatic rings. The fraction of sp³-hybridized carbons (Fsp3) is 0.250. The lowest BCUT2D eigenvalue weighted by Gasteiger charge is -2.30. The van der Waals surface area contributed by atoms with Crippen molar-refractivity contribution in [2.24, 2.45) is 0 Å². The smallest absolute Gasteiger partial charge is 0.0340 e. The molecule has 1 heteroatoms. The molecule has 0 spiro atoms. The molecular formula is C24H23P. The van der Waals surface area contributed by atoms with E-state index in [0.29, 0.717) is 5.66 Å². The fourth-order valence-electron chi connectivity index (χ4n) is 4.32. The number of aryl methyl sites for hydroxylation is 2. The summed E-state index contributed by atoms with van der Waals surface area (Å²) < 4.78 is 0. The van der Waals surface area contributed by atoms with E-state index in [1.54, 1.807) is 27.6 Å². The highest BCUT2D eigenvalue weighted by Crippen LogP contribution is 2.65. The van der Waals surface area contributed by atoms with Crippen molar-refractivity contribution in [1.29, 1.82) is 0 Å². The lowest BCUT2D eigenvalue weighted by molar-refractivity contribution is 0.965. The molecule has 0 aliphatic heterocycles. The van der Waals surface area contributed by atoms with Crippen LogP contribution in [0.4, 0.5) is 0 Å². The Bertz CT molecular complexity index is 832. The minimum Gasteiger partial charge on any atom is -0.0622 e. The van der Waals surface area contributed by atoms with Crippen molar-refractivity contribution in [3.8, 4) is 0 Å². The molecule has 25 heavy (non-hydrogen) atoms. The zero-order chi connectivity index (χ0) is 16.6. The van der Waals surface area contributed by atoms with Crippen LogP contribution < -0.4 is 5.30 Å².